The van der Waals surface area contributed by atoms with Crippen molar-refractivity contribution in [3.63, 3.8) is 0 Å². The van der Waals surface area contributed by atoms with Gasteiger partial charge in [0.1, 0.15) is 0 Å². The van der Waals surface area contributed by atoms with Crippen LogP contribution in [0.5, 0.6) is 0 Å². The molecule has 0 bridgehead atoms. The maximum Gasteiger partial charge on any atom is 0.173 e. The van der Waals surface area contributed by atoms with Crippen molar-refractivity contribution in [2.45, 2.75) is 0 Å². The molecule has 1 aromatic carbocycles. The van der Waals surface area contributed by atoms with Crippen LogP contribution in [0.4, 0.5) is 17.3 Å². The largest absolute Gasteiger partial charge is 0.381 e. The van der Waals surface area contributed by atoms with Gasteiger partial charge in [0.15, 0.2) is 11.6 Å². The van der Waals surface area contributed by atoms with Crippen molar-refractivity contribution >= 4 is 40.5 Å². The zero-order chi connectivity index (χ0) is 11.5. The Hall–Kier alpha value is -1.52. The van der Waals surface area contributed by atoms with E-state index in [1.54, 1.807) is 24.4 Å². The maximum atomic E-state index is 6.00. The minimum absolute atomic E-state index is 0.313. The fraction of sp³-hybridized carbons (Fsp3) is 0. The first-order chi connectivity index (χ1) is 7.66. The molecule has 3 N–H and O–H groups in total. The molecule has 0 aliphatic heterocycles. The lowest BCUT2D eigenvalue weighted by Crippen LogP contribution is -2.01. The van der Waals surface area contributed by atoms with E-state index in [9.17, 15) is 0 Å². The second-order valence-electron chi connectivity index (χ2n) is 3.04. The Bertz CT molecular complexity index is 516. The first kappa shape index (κ1) is 11.0. The van der Waals surface area contributed by atoms with Crippen molar-refractivity contribution in [3.05, 3.63) is 40.6 Å². The van der Waals surface area contributed by atoms with Crippen LogP contribution in [0.15, 0.2) is 30.6 Å². The van der Waals surface area contributed by atoms with Gasteiger partial charge in [-0.2, -0.15) is 0 Å². The molecule has 82 valence electrons. The predicted octanol–water partition coefficient (Wildman–Crippen LogP) is 3.11. The Kier molecular flexibility index (Phi) is 3.12. The molecular formula is C10H8Cl2N4. The molecule has 1 aromatic heterocycles. The van der Waals surface area contributed by atoms with Gasteiger partial charge in [-0.05, 0) is 18.2 Å². The van der Waals surface area contributed by atoms with E-state index >= 15 is 0 Å². The summed E-state index contributed by atoms with van der Waals surface area (Å²) in [4.78, 5) is 7.95. The normalized spacial score (nSPS) is 10.1. The van der Waals surface area contributed by atoms with Crippen LogP contribution >= 0.6 is 23.2 Å². The van der Waals surface area contributed by atoms with E-state index in [0.717, 1.165) is 0 Å². The van der Waals surface area contributed by atoms with Gasteiger partial charge in [0.25, 0.3) is 0 Å². The lowest BCUT2D eigenvalue weighted by atomic mass is 10.3. The molecule has 0 aliphatic rings. The van der Waals surface area contributed by atoms with Crippen LogP contribution in [0.3, 0.4) is 0 Å². The quantitative estimate of drug-likeness (QED) is 0.865. The molecule has 0 aliphatic carbocycles. The van der Waals surface area contributed by atoms with Gasteiger partial charge >= 0.3 is 0 Å². The number of hydrogen-bond acceptors (Lipinski definition) is 4. The minimum Gasteiger partial charge on any atom is -0.381 e. The number of nitrogens with two attached hydrogens (primary N) is 1. The number of nitrogens with zero attached hydrogens (tertiary/aromatic N) is 2. The van der Waals surface area contributed by atoms with Gasteiger partial charge in [0.2, 0.25) is 0 Å². The SMILES string of the molecule is Nc1nccnc1Nc1ccc(Cl)cc1Cl. The van der Waals surface area contributed by atoms with E-state index in [2.05, 4.69) is 15.3 Å². The first-order valence-electron chi connectivity index (χ1n) is 4.45. The smallest absolute Gasteiger partial charge is 0.173 e. The molecule has 0 fully saturated rings. The monoisotopic (exact) mass is 254 g/mol. The van der Waals surface area contributed by atoms with Crippen molar-refractivity contribution in [1.29, 1.82) is 0 Å². The van der Waals surface area contributed by atoms with Crippen molar-refractivity contribution in [3.8, 4) is 0 Å². The van der Waals surface area contributed by atoms with Crippen molar-refractivity contribution in [2.24, 2.45) is 0 Å². The number of rotatable bonds is 2. The molecule has 0 amide bonds. The third-order valence-corrected chi connectivity index (χ3v) is 2.46. The summed E-state index contributed by atoms with van der Waals surface area (Å²) in [5.41, 5.74) is 6.32. The second kappa shape index (κ2) is 4.55. The summed E-state index contributed by atoms with van der Waals surface area (Å²) in [5.74, 6) is 0.778. The molecule has 0 unspecified atom stereocenters. The topological polar surface area (TPSA) is 63.8 Å². The van der Waals surface area contributed by atoms with E-state index in [4.69, 9.17) is 28.9 Å². The number of halogens is 2. The summed E-state index contributed by atoms with van der Waals surface area (Å²) < 4.78 is 0. The molecule has 2 aromatic rings. The molecule has 1 heterocycles. The van der Waals surface area contributed by atoms with E-state index < -0.39 is 0 Å². The predicted molar refractivity (Wildman–Crippen MR) is 66.2 cm³/mol. The van der Waals surface area contributed by atoms with E-state index in [1.165, 1.54) is 6.20 Å². The average Bonchev–Trinajstić information content (AvgIpc) is 2.25. The van der Waals surface area contributed by atoms with Crippen molar-refractivity contribution < 1.29 is 0 Å². The Balaban J connectivity index is 2.31. The molecule has 4 nitrogen and oxygen atoms in total. The van der Waals surface area contributed by atoms with Gasteiger partial charge in [-0.15, -0.1) is 0 Å². The number of nitrogen functional groups attached to an aromatic ring is 1. The zero-order valence-electron chi connectivity index (χ0n) is 8.11. The summed E-state index contributed by atoms with van der Waals surface area (Å²) in [5, 5.41) is 4.05. The first-order valence-corrected chi connectivity index (χ1v) is 5.21. The van der Waals surface area contributed by atoms with E-state index in [0.29, 0.717) is 27.4 Å². The van der Waals surface area contributed by atoms with Crippen LogP contribution in [-0.2, 0) is 0 Å². The van der Waals surface area contributed by atoms with Crippen LogP contribution in [-0.4, -0.2) is 9.97 Å². The van der Waals surface area contributed by atoms with Crippen LogP contribution < -0.4 is 11.1 Å². The van der Waals surface area contributed by atoms with Gasteiger partial charge in [-0.25, -0.2) is 9.97 Å². The summed E-state index contributed by atoms with van der Waals surface area (Å²) in [6, 6.07) is 5.11. The standard InChI is InChI=1S/C10H8Cl2N4/c11-6-1-2-8(7(12)5-6)16-10-9(13)14-3-4-15-10/h1-5H,(H2,13,14)(H,15,16). The van der Waals surface area contributed by atoms with Crippen LogP contribution in [0.1, 0.15) is 0 Å². The van der Waals surface area contributed by atoms with Crippen LogP contribution in [0.25, 0.3) is 0 Å². The summed E-state index contributed by atoms with van der Waals surface area (Å²) >= 11 is 11.8. The second-order valence-corrected chi connectivity index (χ2v) is 3.88. The molecule has 0 spiro atoms. The lowest BCUT2D eigenvalue weighted by Gasteiger charge is -2.08. The van der Waals surface area contributed by atoms with Gasteiger partial charge < -0.3 is 11.1 Å². The lowest BCUT2D eigenvalue weighted by molar-refractivity contribution is 1.21. The number of anilines is 3. The van der Waals surface area contributed by atoms with E-state index in [1.807, 2.05) is 0 Å². The van der Waals surface area contributed by atoms with E-state index in [-0.39, 0.29) is 0 Å². The van der Waals surface area contributed by atoms with Gasteiger partial charge in [-0.1, -0.05) is 23.2 Å². The Morgan fingerprint density at radius 1 is 1.12 bits per heavy atom. The summed E-state index contributed by atoms with van der Waals surface area (Å²) in [6.45, 7) is 0. The van der Waals surface area contributed by atoms with Gasteiger partial charge in [-0.3, -0.25) is 0 Å². The summed E-state index contributed by atoms with van der Waals surface area (Å²) in [7, 11) is 0. The molecule has 16 heavy (non-hydrogen) atoms. The Morgan fingerprint density at radius 3 is 2.56 bits per heavy atom. The molecule has 6 heteroatoms. The zero-order valence-corrected chi connectivity index (χ0v) is 9.63. The number of hydrogen-bond donors (Lipinski definition) is 2. The highest BCUT2D eigenvalue weighted by molar-refractivity contribution is 6.36. The third-order valence-electron chi connectivity index (χ3n) is 1.91. The Morgan fingerprint density at radius 2 is 1.88 bits per heavy atom. The molecule has 0 radical (unpaired) electrons. The Labute approximate surface area is 102 Å². The highest BCUT2D eigenvalue weighted by atomic mass is 35.5. The average molecular weight is 255 g/mol. The number of benzene rings is 1. The van der Waals surface area contributed by atoms with Crippen LogP contribution in [0, 0.1) is 0 Å². The fourth-order valence-electron chi connectivity index (χ4n) is 1.16. The van der Waals surface area contributed by atoms with Gasteiger partial charge in [0, 0.05) is 17.4 Å². The maximum absolute atomic E-state index is 6.00. The van der Waals surface area contributed by atoms with Crippen molar-refractivity contribution in [2.75, 3.05) is 11.1 Å². The van der Waals surface area contributed by atoms with Crippen molar-refractivity contribution in [1.82, 2.24) is 9.97 Å². The molecule has 2 rings (SSSR count). The minimum atomic E-state index is 0.313. The molecular weight excluding hydrogens is 247 g/mol. The molecule has 0 atom stereocenters. The van der Waals surface area contributed by atoms with Gasteiger partial charge in [0.05, 0.1) is 10.7 Å². The number of aromatic nitrogens is 2. The third kappa shape index (κ3) is 2.35. The molecule has 0 saturated heterocycles. The highest BCUT2D eigenvalue weighted by Gasteiger charge is 2.05. The van der Waals surface area contributed by atoms with Crippen LogP contribution in [0.2, 0.25) is 10.0 Å². The number of nitrogens with one attached hydrogen (secondary N) is 1. The highest BCUT2D eigenvalue weighted by Crippen LogP contribution is 2.28. The molecule has 0 saturated carbocycles. The summed E-state index contributed by atoms with van der Waals surface area (Å²) in [6.07, 6.45) is 3.06. The fourth-order valence-corrected chi connectivity index (χ4v) is 1.62.